The van der Waals surface area contributed by atoms with Crippen molar-refractivity contribution in [2.24, 2.45) is 0 Å². The fraction of sp³-hybridized carbons (Fsp3) is 0.429. The van der Waals surface area contributed by atoms with Crippen LogP contribution < -0.4 is 0 Å². The lowest BCUT2D eigenvalue weighted by Crippen LogP contribution is -2.36. The average Bonchev–Trinajstić information content (AvgIpc) is 2.47. The van der Waals surface area contributed by atoms with E-state index in [1.54, 1.807) is 12.1 Å². The number of aliphatic hydroxyl groups is 3. The number of pyridine rings is 1. The second-order valence-corrected chi connectivity index (χ2v) is 3.91. The topological polar surface area (TPSA) is 93.9 Å². The number of hydrogen-bond acceptors (Lipinski definition) is 5. The molecule has 1 rings (SSSR count). The van der Waals surface area contributed by atoms with Crippen LogP contribution in [0.3, 0.4) is 0 Å². The van der Waals surface area contributed by atoms with E-state index in [4.69, 9.17) is 15.3 Å². The molecular formula is C14H18N2O4. The van der Waals surface area contributed by atoms with E-state index in [0.29, 0.717) is 12.0 Å². The summed E-state index contributed by atoms with van der Waals surface area (Å²) in [5.41, 5.74) is 0.645. The monoisotopic (exact) mass is 278 g/mol. The molecule has 0 spiro atoms. The van der Waals surface area contributed by atoms with Crippen molar-refractivity contribution < 1.29 is 20.1 Å². The molecule has 20 heavy (non-hydrogen) atoms. The summed E-state index contributed by atoms with van der Waals surface area (Å²) in [5.74, 6) is 5.14. The van der Waals surface area contributed by atoms with Gasteiger partial charge in [-0.1, -0.05) is 11.8 Å². The first kappa shape index (κ1) is 16.1. The smallest absolute Gasteiger partial charge is 0.273 e. The first-order valence-corrected chi connectivity index (χ1v) is 6.30. The van der Waals surface area contributed by atoms with Crippen molar-refractivity contribution >= 4 is 5.91 Å². The van der Waals surface area contributed by atoms with Gasteiger partial charge in [0, 0.05) is 25.7 Å². The Kier molecular flexibility index (Phi) is 7.29. The Hall–Kier alpha value is -1.94. The maximum absolute atomic E-state index is 12.3. The van der Waals surface area contributed by atoms with Crippen LogP contribution in [0.2, 0.25) is 0 Å². The molecule has 3 N–H and O–H groups in total. The number of hydrogen-bond donors (Lipinski definition) is 3. The van der Waals surface area contributed by atoms with Crippen LogP contribution in [0, 0.1) is 11.8 Å². The molecule has 0 atom stereocenters. The number of carbonyl (C=O) groups is 1. The molecule has 108 valence electrons. The van der Waals surface area contributed by atoms with Crippen LogP contribution in [0.4, 0.5) is 0 Å². The van der Waals surface area contributed by atoms with Crippen LogP contribution in [0.5, 0.6) is 0 Å². The van der Waals surface area contributed by atoms with E-state index in [2.05, 4.69) is 16.8 Å². The molecule has 0 aromatic carbocycles. The van der Waals surface area contributed by atoms with Gasteiger partial charge in [0.1, 0.15) is 5.69 Å². The van der Waals surface area contributed by atoms with E-state index in [0.717, 1.165) is 0 Å². The van der Waals surface area contributed by atoms with Gasteiger partial charge in [-0.05, 0) is 12.1 Å². The van der Waals surface area contributed by atoms with E-state index in [1.165, 1.54) is 11.1 Å². The lowest BCUT2D eigenvalue weighted by molar-refractivity contribution is 0.0678. The lowest BCUT2D eigenvalue weighted by Gasteiger charge is -2.20. The molecular weight excluding hydrogens is 260 g/mol. The van der Waals surface area contributed by atoms with Crippen LogP contribution >= 0.6 is 0 Å². The van der Waals surface area contributed by atoms with Gasteiger partial charge in [-0.25, -0.2) is 4.98 Å². The maximum atomic E-state index is 12.3. The van der Waals surface area contributed by atoms with Crippen molar-refractivity contribution in [3.8, 4) is 11.8 Å². The van der Waals surface area contributed by atoms with E-state index in [1.807, 2.05) is 0 Å². The van der Waals surface area contributed by atoms with Crippen LogP contribution in [0.15, 0.2) is 18.3 Å². The van der Waals surface area contributed by atoms with Crippen LogP contribution in [0.1, 0.15) is 22.5 Å². The number of carbonyl (C=O) groups excluding carboxylic acids is 1. The summed E-state index contributed by atoms with van der Waals surface area (Å²) in [6.07, 6.45) is 1.81. The largest absolute Gasteiger partial charge is 0.395 e. The first-order valence-electron chi connectivity index (χ1n) is 6.30. The van der Waals surface area contributed by atoms with Gasteiger partial charge in [0.25, 0.3) is 5.91 Å². The summed E-state index contributed by atoms with van der Waals surface area (Å²) in [4.78, 5) is 17.6. The molecule has 0 radical (unpaired) electrons. The zero-order valence-electron chi connectivity index (χ0n) is 11.1. The molecule has 1 aromatic rings. The van der Waals surface area contributed by atoms with Gasteiger partial charge >= 0.3 is 0 Å². The Morgan fingerprint density at radius 2 is 1.90 bits per heavy atom. The number of rotatable bonds is 6. The first-order chi connectivity index (χ1) is 9.74. The number of aromatic nitrogens is 1. The van der Waals surface area contributed by atoms with Crippen LogP contribution in [0.25, 0.3) is 0 Å². The minimum Gasteiger partial charge on any atom is -0.395 e. The van der Waals surface area contributed by atoms with Gasteiger partial charge in [0.2, 0.25) is 0 Å². The minimum atomic E-state index is -0.387. The second kappa shape index (κ2) is 9.04. The summed E-state index contributed by atoms with van der Waals surface area (Å²) >= 11 is 0. The molecule has 0 saturated heterocycles. The molecule has 1 heterocycles. The van der Waals surface area contributed by atoms with Crippen molar-refractivity contribution in [3.63, 3.8) is 0 Å². The van der Waals surface area contributed by atoms with Gasteiger partial charge in [-0.2, -0.15) is 0 Å². The SMILES string of the molecule is O=C(c1ncccc1C#CCCO)N(CCO)CCO. The molecule has 0 fully saturated rings. The van der Waals surface area contributed by atoms with E-state index < -0.39 is 0 Å². The molecule has 0 unspecified atom stereocenters. The van der Waals surface area contributed by atoms with Crippen molar-refractivity contribution in [2.45, 2.75) is 6.42 Å². The normalized spacial score (nSPS) is 9.75. The highest BCUT2D eigenvalue weighted by Gasteiger charge is 2.18. The maximum Gasteiger partial charge on any atom is 0.273 e. The van der Waals surface area contributed by atoms with E-state index in [-0.39, 0.29) is 44.5 Å². The molecule has 0 saturated carbocycles. The summed E-state index contributed by atoms with van der Waals surface area (Å²) in [6, 6.07) is 3.34. The number of amides is 1. The van der Waals surface area contributed by atoms with E-state index >= 15 is 0 Å². The highest BCUT2D eigenvalue weighted by atomic mass is 16.3. The number of nitrogens with zero attached hydrogens (tertiary/aromatic N) is 2. The molecule has 1 amide bonds. The molecule has 6 heteroatoms. The lowest BCUT2D eigenvalue weighted by atomic mass is 10.1. The quantitative estimate of drug-likeness (QED) is 0.595. The second-order valence-electron chi connectivity index (χ2n) is 3.91. The van der Waals surface area contributed by atoms with Gasteiger partial charge in [-0.3, -0.25) is 4.79 Å². The third-order valence-electron chi connectivity index (χ3n) is 2.50. The summed E-state index contributed by atoms with van der Waals surface area (Å²) in [7, 11) is 0. The Bertz CT molecular complexity index is 487. The van der Waals surface area contributed by atoms with Gasteiger partial charge in [0.05, 0.1) is 25.4 Å². The molecule has 6 nitrogen and oxygen atoms in total. The summed E-state index contributed by atoms with van der Waals surface area (Å²) < 4.78 is 0. The Balaban J connectivity index is 2.99. The Labute approximate surface area is 117 Å². The fourth-order valence-electron chi connectivity index (χ4n) is 1.60. The fourth-order valence-corrected chi connectivity index (χ4v) is 1.60. The van der Waals surface area contributed by atoms with Crippen LogP contribution in [-0.4, -0.2) is 64.0 Å². The highest BCUT2D eigenvalue weighted by Crippen LogP contribution is 2.08. The predicted octanol–water partition coefficient (Wildman–Crippen LogP) is -0.758. The molecule has 0 aliphatic rings. The van der Waals surface area contributed by atoms with Crippen molar-refractivity contribution in [1.82, 2.24) is 9.88 Å². The standard InChI is InChI=1S/C14H18N2O4/c17-9-2-1-4-12-5-3-6-15-13(12)14(20)16(7-10-18)8-11-19/h3,5-6,17-19H,2,7-11H2. The predicted molar refractivity (Wildman–Crippen MR) is 72.9 cm³/mol. The molecule has 0 bridgehead atoms. The minimum absolute atomic E-state index is 0.0440. The van der Waals surface area contributed by atoms with Gasteiger partial charge in [0.15, 0.2) is 0 Å². The number of aliphatic hydroxyl groups excluding tert-OH is 3. The molecule has 1 aromatic heterocycles. The zero-order chi connectivity index (χ0) is 14.8. The van der Waals surface area contributed by atoms with Gasteiger partial charge in [-0.15, -0.1) is 0 Å². The van der Waals surface area contributed by atoms with Gasteiger partial charge < -0.3 is 20.2 Å². The third-order valence-corrected chi connectivity index (χ3v) is 2.50. The van der Waals surface area contributed by atoms with Crippen molar-refractivity contribution in [2.75, 3.05) is 32.9 Å². The third kappa shape index (κ3) is 4.63. The highest BCUT2D eigenvalue weighted by molar-refractivity contribution is 5.94. The Morgan fingerprint density at radius 3 is 2.50 bits per heavy atom. The molecule has 0 aliphatic heterocycles. The zero-order valence-corrected chi connectivity index (χ0v) is 11.1. The van der Waals surface area contributed by atoms with E-state index in [9.17, 15) is 4.79 Å². The summed E-state index contributed by atoms with van der Waals surface area (Å²) in [6.45, 7) is -0.176. The van der Waals surface area contributed by atoms with Crippen molar-refractivity contribution in [1.29, 1.82) is 0 Å². The molecule has 0 aliphatic carbocycles. The summed E-state index contributed by atoms with van der Waals surface area (Å²) in [5, 5.41) is 26.6. The Morgan fingerprint density at radius 1 is 1.20 bits per heavy atom. The average molecular weight is 278 g/mol. The van der Waals surface area contributed by atoms with Crippen molar-refractivity contribution in [3.05, 3.63) is 29.6 Å². The van der Waals surface area contributed by atoms with Crippen LogP contribution in [-0.2, 0) is 0 Å².